The zero-order valence-corrected chi connectivity index (χ0v) is 21.5. The number of hydrogen-bond acceptors (Lipinski definition) is 7. The second kappa shape index (κ2) is 11.5. The zero-order valence-electron chi connectivity index (χ0n) is 19.0. The molecule has 0 fully saturated rings. The van der Waals surface area contributed by atoms with Crippen LogP contribution in [0.25, 0.3) is 0 Å². The number of urea groups is 1. The van der Waals surface area contributed by atoms with Gasteiger partial charge in [-0.1, -0.05) is 13.8 Å². The number of rotatable bonds is 11. The Kier molecular flexibility index (Phi) is 9.62. The van der Waals surface area contributed by atoms with Crippen LogP contribution in [0.1, 0.15) is 13.8 Å². The molecule has 7 nitrogen and oxygen atoms in total. The van der Waals surface area contributed by atoms with Gasteiger partial charge in [0.1, 0.15) is 12.2 Å². The van der Waals surface area contributed by atoms with Gasteiger partial charge < -0.3 is 15.2 Å². The molecule has 32 heavy (non-hydrogen) atoms. The number of carbonyl (C=O) groups is 1. The van der Waals surface area contributed by atoms with Crippen LogP contribution in [-0.2, 0) is 19.3 Å². The highest BCUT2D eigenvalue weighted by molar-refractivity contribution is 8.00. The van der Waals surface area contributed by atoms with E-state index in [1.165, 1.54) is 26.4 Å². The summed E-state index contributed by atoms with van der Waals surface area (Å²) in [7, 11) is 0.856. The van der Waals surface area contributed by atoms with Crippen molar-refractivity contribution in [2.75, 3.05) is 39.3 Å². The summed E-state index contributed by atoms with van der Waals surface area (Å²) in [5.74, 6) is 1.70. The van der Waals surface area contributed by atoms with Crippen molar-refractivity contribution in [3.05, 3.63) is 42.5 Å². The van der Waals surface area contributed by atoms with Crippen LogP contribution in [0.15, 0.2) is 62.0 Å². The maximum Gasteiger partial charge on any atom is 0.419 e. The van der Waals surface area contributed by atoms with Gasteiger partial charge in [0.2, 0.25) is 16.1 Å². The van der Waals surface area contributed by atoms with Crippen molar-refractivity contribution >= 4 is 45.1 Å². The van der Waals surface area contributed by atoms with E-state index in [2.05, 4.69) is 0 Å². The van der Waals surface area contributed by atoms with Gasteiger partial charge in [0.05, 0.1) is 16.8 Å². The number of quaternary nitrogens is 1. The number of likely N-dealkylation sites (N-methyl/N-ethyl adjacent to an activating group) is 1. The molecular formula is C22H31N2O5S3+. The summed E-state index contributed by atoms with van der Waals surface area (Å²) >= 11 is 3.21. The van der Waals surface area contributed by atoms with E-state index in [0.717, 1.165) is 21.3 Å². The summed E-state index contributed by atoms with van der Waals surface area (Å²) in [6.45, 7) is 4.20. The first kappa shape index (κ1) is 26.7. The van der Waals surface area contributed by atoms with Crippen LogP contribution in [0.3, 0.4) is 0 Å². The lowest BCUT2D eigenvalue weighted by Crippen LogP contribution is -2.57. The molecule has 2 amide bonds. The molecule has 0 saturated heterocycles. The highest BCUT2D eigenvalue weighted by Crippen LogP contribution is 2.33. The van der Waals surface area contributed by atoms with E-state index in [-0.39, 0.29) is 20.8 Å². The summed E-state index contributed by atoms with van der Waals surface area (Å²) in [6.07, 6.45) is -0.649. The third-order valence-electron chi connectivity index (χ3n) is 5.03. The van der Waals surface area contributed by atoms with Crippen molar-refractivity contribution in [3.8, 4) is 0 Å². The molecule has 0 saturated carbocycles. The smallest absolute Gasteiger partial charge is 0.351 e. The quantitative estimate of drug-likeness (QED) is 0.278. The fourth-order valence-corrected chi connectivity index (χ4v) is 6.22. The molecule has 0 spiro atoms. The zero-order chi connectivity index (χ0) is 23.9. The van der Waals surface area contributed by atoms with Crippen molar-refractivity contribution in [1.82, 2.24) is 4.48 Å². The second-order valence-electron chi connectivity index (χ2n) is 7.12. The first-order chi connectivity index (χ1) is 15.1. The van der Waals surface area contributed by atoms with Crippen LogP contribution < -0.4 is 10.2 Å². The minimum Gasteiger partial charge on any atom is -0.351 e. The molecule has 0 aromatic heterocycles. The summed E-state index contributed by atoms with van der Waals surface area (Å²) in [5.41, 5.74) is 6.20. The Labute approximate surface area is 199 Å². The van der Waals surface area contributed by atoms with Crippen molar-refractivity contribution < 1.29 is 22.7 Å². The molecule has 2 aromatic rings. The number of sulfone groups is 1. The van der Waals surface area contributed by atoms with Crippen LogP contribution in [0.5, 0.6) is 0 Å². The fraction of sp³-hybridized carbons (Fsp3) is 0.409. The standard InChI is InChI=1S/C22H30N2O5S3/c1-6-30-17-12-18(31-7-2)14-20(13-17)32(26,27)19-10-8-16(9-11-19)24(3,22(23)25)15-21(28-4)29-5/h8-14,21H,6-7,15H2,1-5H3,(H-,23,25)/p+1. The molecule has 10 heteroatoms. The molecule has 2 N–H and O–H groups in total. The van der Waals surface area contributed by atoms with Gasteiger partial charge in [-0.25, -0.2) is 17.7 Å². The van der Waals surface area contributed by atoms with Crippen molar-refractivity contribution in [2.24, 2.45) is 5.73 Å². The third kappa shape index (κ3) is 6.06. The first-order valence-corrected chi connectivity index (χ1v) is 13.5. The number of amides is 2. The van der Waals surface area contributed by atoms with Crippen LogP contribution in [-0.4, -0.2) is 60.1 Å². The molecule has 0 radical (unpaired) electrons. The van der Waals surface area contributed by atoms with Gasteiger partial charge in [-0.05, 0) is 41.8 Å². The predicted molar refractivity (Wildman–Crippen MR) is 131 cm³/mol. The normalized spacial score (nSPS) is 13.8. The Morgan fingerprint density at radius 3 is 1.88 bits per heavy atom. The molecule has 176 valence electrons. The third-order valence-corrected chi connectivity index (χ3v) is 8.49. The van der Waals surface area contributed by atoms with E-state index in [0.29, 0.717) is 5.69 Å². The van der Waals surface area contributed by atoms with Crippen LogP contribution in [0.4, 0.5) is 10.5 Å². The molecule has 0 heterocycles. The van der Waals surface area contributed by atoms with E-state index in [1.54, 1.807) is 54.8 Å². The molecule has 0 aliphatic carbocycles. The Morgan fingerprint density at radius 1 is 0.969 bits per heavy atom. The number of nitrogens with two attached hydrogens (primary N) is 1. The van der Waals surface area contributed by atoms with Crippen LogP contribution in [0.2, 0.25) is 0 Å². The summed E-state index contributed by atoms with van der Waals surface area (Å²) in [5, 5.41) is 0. The molecule has 0 aliphatic rings. The van der Waals surface area contributed by atoms with Gasteiger partial charge in [0.15, 0.2) is 0 Å². The van der Waals surface area contributed by atoms with E-state index < -0.39 is 22.2 Å². The monoisotopic (exact) mass is 499 g/mol. The highest BCUT2D eigenvalue weighted by Gasteiger charge is 2.36. The van der Waals surface area contributed by atoms with E-state index in [9.17, 15) is 13.2 Å². The minimum absolute atomic E-state index is 0.141. The van der Waals surface area contributed by atoms with Gasteiger partial charge in [-0.3, -0.25) is 0 Å². The Hall–Kier alpha value is -1.56. The number of thioether (sulfide) groups is 2. The molecule has 1 atom stereocenters. The Bertz CT molecular complexity index is 1000. The number of nitrogens with zero attached hydrogens (tertiary/aromatic N) is 1. The summed E-state index contributed by atoms with van der Waals surface area (Å²) in [4.78, 5) is 14.5. The summed E-state index contributed by atoms with van der Waals surface area (Å²) in [6, 6.07) is 11.0. The van der Waals surface area contributed by atoms with Crippen molar-refractivity contribution in [2.45, 2.75) is 39.7 Å². The lowest BCUT2D eigenvalue weighted by atomic mass is 10.2. The number of carbonyl (C=O) groups excluding carboxylic acids is 1. The number of ether oxygens (including phenoxy) is 2. The van der Waals surface area contributed by atoms with Crippen LogP contribution in [0, 0.1) is 0 Å². The van der Waals surface area contributed by atoms with Gasteiger partial charge in [-0.2, -0.15) is 0 Å². The van der Waals surface area contributed by atoms with Crippen molar-refractivity contribution in [1.29, 1.82) is 0 Å². The minimum atomic E-state index is -3.73. The van der Waals surface area contributed by atoms with Gasteiger partial charge in [0, 0.05) is 36.1 Å². The van der Waals surface area contributed by atoms with Gasteiger partial charge >= 0.3 is 6.03 Å². The van der Waals surface area contributed by atoms with Crippen molar-refractivity contribution in [3.63, 3.8) is 0 Å². The molecule has 0 aliphatic heterocycles. The lowest BCUT2D eigenvalue weighted by molar-refractivity contribution is -0.108. The molecule has 2 rings (SSSR count). The number of benzene rings is 2. The summed E-state index contributed by atoms with van der Waals surface area (Å²) < 4.78 is 36.9. The van der Waals surface area contributed by atoms with E-state index in [1.807, 2.05) is 19.9 Å². The first-order valence-electron chi connectivity index (χ1n) is 10.1. The lowest BCUT2D eigenvalue weighted by Gasteiger charge is -2.31. The second-order valence-corrected chi connectivity index (χ2v) is 11.7. The number of primary amides is 1. The predicted octanol–water partition coefficient (Wildman–Crippen LogP) is 4.38. The Morgan fingerprint density at radius 2 is 1.47 bits per heavy atom. The maximum absolute atomic E-state index is 13.4. The average Bonchev–Trinajstić information content (AvgIpc) is 2.77. The van der Waals surface area contributed by atoms with E-state index >= 15 is 0 Å². The van der Waals surface area contributed by atoms with E-state index in [4.69, 9.17) is 15.2 Å². The SMILES string of the molecule is CCSc1cc(SCC)cc(S(=O)(=O)c2ccc([N+](C)(CC(OC)OC)C(N)=O)cc2)c1. The highest BCUT2D eigenvalue weighted by atomic mass is 32.2. The van der Waals surface area contributed by atoms with Crippen LogP contribution >= 0.6 is 23.5 Å². The fourth-order valence-electron chi connectivity index (χ4n) is 3.16. The number of methoxy groups -OCH3 is 2. The molecule has 0 bridgehead atoms. The number of hydrogen-bond donors (Lipinski definition) is 1. The van der Waals surface area contributed by atoms with Gasteiger partial charge in [-0.15, -0.1) is 23.5 Å². The average molecular weight is 500 g/mol. The largest absolute Gasteiger partial charge is 0.419 e. The molecule has 1 unspecified atom stereocenters. The molecule has 2 aromatic carbocycles. The topological polar surface area (TPSA) is 95.7 Å². The molecular weight excluding hydrogens is 468 g/mol. The Balaban J connectivity index is 2.46. The van der Waals surface area contributed by atoms with Gasteiger partial charge in [0.25, 0.3) is 0 Å². The maximum atomic E-state index is 13.4.